The van der Waals surface area contributed by atoms with Crippen LogP contribution in [0.15, 0.2) is 16.5 Å². The van der Waals surface area contributed by atoms with E-state index in [-0.39, 0.29) is 18.0 Å². The molecular formula is C9H9NO3. The van der Waals surface area contributed by atoms with Crippen molar-refractivity contribution in [3.63, 3.8) is 0 Å². The molecule has 0 aliphatic rings. The van der Waals surface area contributed by atoms with Gasteiger partial charge in [0.05, 0.1) is 6.07 Å². The van der Waals surface area contributed by atoms with Crippen LogP contribution < -0.4 is 0 Å². The molecule has 0 N–H and O–H groups in total. The highest BCUT2D eigenvalue weighted by Gasteiger charge is 2.09. The lowest BCUT2D eigenvalue weighted by Crippen LogP contribution is -1.94. The summed E-state index contributed by atoms with van der Waals surface area (Å²) in [6.07, 6.45) is -0.153. The summed E-state index contributed by atoms with van der Waals surface area (Å²) in [5, 5.41) is 8.27. The van der Waals surface area contributed by atoms with E-state index >= 15 is 0 Å². The van der Waals surface area contributed by atoms with Crippen molar-refractivity contribution in [1.29, 1.82) is 5.26 Å². The van der Waals surface area contributed by atoms with Gasteiger partial charge in [-0.1, -0.05) is 0 Å². The Morgan fingerprint density at radius 2 is 2.46 bits per heavy atom. The number of ether oxygens (including phenoxy) is 1. The monoisotopic (exact) mass is 179 g/mol. The SMILES string of the molecule is COCc1ccc(C(=O)CC#N)o1. The third-order valence-electron chi connectivity index (χ3n) is 1.46. The van der Waals surface area contributed by atoms with Gasteiger partial charge in [-0.05, 0) is 12.1 Å². The Bertz CT molecular complexity index is 335. The molecule has 4 heteroatoms. The van der Waals surface area contributed by atoms with Crippen molar-refractivity contribution in [2.75, 3.05) is 7.11 Å². The topological polar surface area (TPSA) is 63.2 Å². The lowest BCUT2D eigenvalue weighted by molar-refractivity contribution is 0.0962. The zero-order valence-electron chi connectivity index (χ0n) is 7.24. The fourth-order valence-electron chi connectivity index (χ4n) is 0.907. The predicted molar refractivity (Wildman–Crippen MR) is 44.0 cm³/mol. The molecule has 1 aromatic heterocycles. The molecule has 68 valence electrons. The minimum Gasteiger partial charge on any atom is -0.455 e. The lowest BCUT2D eigenvalue weighted by atomic mass is 10.2. The highest BCUT2D eigenvalue weighted by molar-refractivity contribution is 5.94. The van der Waals surface area contributed by atoms with E-state index in [4.69, 9.17) is 14.4 Å². The lowest BCUT2D eigenvalue weighted by Gasteiger charge is -1.92. The molecule has 0 unspecified atom stereocenters. The van der Waals surface area contributed by atoms with Crippen molar-refractivity contribution in [2.24, 2.45) is 0 Å². The second-order valence-electron chi connectivity index (χ2n) is 2.46. The summed E-state index contributed by atoms with van der Waals surface area (Å²) in [7, 11) is 1.54. The first-order valence-corrected chi connectivity index (χ1v) is 3.75. The average molecular weight is 179 g/mol. The molecular weight excluding hydrogens is 170 g/mol. The number of Topliss-reactive ketones (excluding diaryl/α,β-unsaturated/α-hetero) is 1. The van der Waals surface area contributed by atoms with Crippen molar-refractivity contribution in [2.45, 2.75) is 13.0 Å². The van der Waals surface area contributed by atoms with Gasteiger partial charge in [-0.2, -0.15) is 5.26 Å². The third-order valence-corrected chi connectivity index (χ3v) is 1.46. The molecule has 0 aromatic carbocycles. The highest BCUT2D eigenvalue weighted by Crippen LogP contribution is 2.10. The fourth-order valence-corrected chi connectivity index (χ4v) is 0.907. The predicted octanol–water partition coefficient (Wildman–Crippen LogP) is 1.52. The smallest absolute Gasteiger partial charge is 0.211 e. The van der Waals surface area contributed by atoms with Gasteiger partial charge in [0, 0.05) is 7.11 Å². The summed E-state index contributed by atoms with van der Waals surface area (Å²) in [6.45, 7) is 0.333. The summed E-state index contributed by atoms with van der Waals surface area (Å²) in [6, 6.07) is 4.98. The largest absolute Gasteiger partial charge is 0.455 e. The van der Waals surface area contributed by atoms with Gasteiger partial charge in [-0.25, -0.2) is 0 Å². The molecule has 0 amide bonds. The van der Waals surface area contributed by atoms with E-state index in [1.165, 1.54) is 0 Å². The number of furan rings is 1. The second-order valence-corrected chi connectivity index (χ2v) is 2.46. The number of hydrogen-bond donors (Lipinski definition) is 0. The summed E-state index contributed by atoms with van der Waals surface area (Å²) >= 11 is 0. The van der Waals surface area contributed by atoms with Crippen LogP contribution >= 0.6 is 0 Å². The first kappa shape index (κ1) is 9.49. The van der Waals surface area contributed by atoms with Crippen LogP contribution in [0, 0.1) is 11.3 Å². The number of carbonyl (C=O) groups is 1. The molecule has 13 heavy (non-hydrogen) atoms. The van der Waals surface area contributed by atoms with Gasteiger partial charge in [0.1, 0.15) is 18.8 Å². The summed E-state index contributed by atoms with van der Waals surface area (Å²) in [5.41, 5.74) is 0. The van der Waals surface area contributed by atoms with E-state index in [0.717, 1.165) is 0 Å². The number of rotatable bonds is 4. The minimum atomic E-state index is -0.301. The Morgan fingerprint density at radius 3 is 3.08 bits per heavy atom. The normalized spacial score (nSPS) is 9.54. The van der Waals surface area contributed by atoms with E-state index in [2.05, 4.69) is 0 Å². The van der Waals surface area contributed by atoms with Gasteiger partial charge in [-0.3, -0.25) is 4.79 Å². The Hall–Kier alpha value is -1.60. The third kappa shape index (κ3) is 2.42. The number of nitriles is 1. The molecule has 0 aliphatic carbocycles. The van der Waals surface area contributed by atoms with Crippen LogP contribution in [0.2, 0.25) is 0 Å². The van der Waals surface area contributed by atoms with Crippen LogP contribution in [0.3, 0.4) is 0 Å². The minimum absolute atomic E-state index is 0.153. The van der Waals surface area contributed by atoms with E-state index < -0.39 is 0 Å². The number of methoxy groups -OCH3 is 1. The van der Waals surface area contributed by atoms with E-state index in [9.17, 15) is 4.79 Å². The van der Waals surface area contributed by atoms with Crippen molar-refractivity contribution in [3.8, 4) is 6.07 Å². The van der Waals surface area contributed by atoms with Gasteiger partial charge in [0.25, 0.3) is 0 Å². The molecule has 1 aromatic rings. The van der Waals surface area contributed by atoms with Crippen molar-refractivity contribution in [3.05, 3.63) is 23.7 Å². The fraction of sp³-hybridized carbons (Fsp3) is 0.333. The molecule has 1 heterocycles. The molecule has 0 aliphatic heterocycles. The summed E-state index contributed by atoms with van der Waals surface area (Å²) in [4.78, 5) is 11.1. The first-order valence-electron chi connectivity index (χ1n) is 3.75. The molecule has 0 bridgehead atoms. The van der Waals surface area contributed by atoms with Crippen LogP contribution in [-0.4, -0.2) is 12.9 Å². The van der Waals surface area contributed by atoms with Gasteiger partial charge in [0.2, 0.25) is 5.78 Å². The van der Waals surface area contributed by atoms with E-state index in [1.54, 1.807) is 25.3 Å². The number of carbonyl (C=O) groups excluding carboxylic acids is 1. The molecule has 4 nitrogen and oxygen atoms in total. The Labute approximate surface area is 75.7 Å². The number of ketones is 1. The molecule has 0 atom stereocenters. The zero-order chi connectivity index (χ0) is 9.68. The van der Waals surface area contributed by atoms with Crippen LogP contribution in [0.4, 0.5) is 0 Å². The van der Waals surface area contributed by atoms with Gasteiger partial charge < -0.3 is 9.15 Å². The number of nitrogens with zero attached hydrogens (tertiary/aromatic N) is 1. The summed E-state index contributed by atoms with van der Waals surface area (Å²) in [5.74, 6) is 0.502. The second kappa shape index (κ2) is 4.43. The Morgan fingerprint density at radius 1 is 1.69 bits per heavy atom. The molecule has 0 radical (unpaired) electrons. The first-order chi connectivity index (χ1) is 6.27. The highest BCUT2D eigenvalue weighted by atomic mass is 16.5. The van der Waals surface area contributed by atoms with Crippen LogP contribution in [-0.2, 0) is 11.3 Å². The molecule has 0 spiro atoms. The van der Waals surface area contributed by atoms with Gasteiger partial charge in [-0.15, -0.1) is 0 Å². The molecule has 0 saturated heterocycles. The average Bonchev–Trinajstić information content (AvgIpc) is 2.54. The maximum absolute atomic E-state index is 11.1. The molecule has 1 rings (SSSR count). The van der Waals surface area contributed by atoms with Crippen LogP contribution in [0.25, 0.3) is 0 Å². The molecule has 0 fully saturated rings. The van der Waals surface area contributed by atoms with Crippen LogP contribution in [0.1, 0.15) is 22.7 Å². The van der Waals surface area contributed by atoms with E-state index in [1.807, 2.05) is 0 Å². The quantitative estimate of drug-likeness (QED) is 0.657. The molecule has 0 saturated carbocycles. The van der Waals surface area contributed by atoms with Crippen molar-refractivity contribution >= 4 is 5.78 Å². The van der Waals surface area contributed by atoms with Gasteiger partial charge in [0.15, 0.2) is 5.76 Å². The standard InChI is InChI=1S/C9H9NO3/c1-12-6-7-2-3-9(13-7)8(11)4-5-10/h2-3H,4,6H2,1H3. The van der Waals surface area contributed by atoms with Crippen LogP contribution in [0.5, 0.6) is 0 Å². The maximum Gasteiger partial charge on any atom is 0.211 e. The van der Waals surface area contributed by atoms with Crippen molar-refractivity contribution < 1.29 is 13.9 Å². The zero-order valence-corrected chi connectivity index (χ0v) is 7.24. The van der Waals surface area contributed by atoms with Gasteiger partial charge >= 0.3 is 0 Å². The Balaban J connectivity index is 2.69. The van der Waals surface area contributed by atoms with E-state index in [0.29, 0.717) is 12.4 Å². The maximum atomic E-state index is 11.1. The van der Waals surface area contributed by atoms with Crippen molar-refractivity contribution in [1.82, 2.24) is 0 Å². The number of hydrogen-bond acceptors (Lipinski definition) is 4. The Kier molecular flexibility index (Phi) is 3.23. The summed E-state index contributed by atoms with van der Waals surface area (Å²) < 4.78 is 9.92.